The molecule has 1 aromatic heterocycles. The first-order valence-corrected chi connectivity index (χ1v) is 6.53. The van der Waals surface area contributed by atoms with Gasteiger partial charge in [0.25, 0.3) is 0 Å². The van der Waals surface area contributed by atoms with Crippen LogP contribution in [0.3, 0.4) is 0 Å². The maximum Gasteiger partial charge on any atom is 0.0652 e. The van der Waals surface area contributed by atoms with Crippen molar-refractivity contribution in [2.24, 2.45) is 0 Å². The fourth-order valence-corrected chi connectivity index (χ4v) is 2.32. The first-order valence-electron chi connectivity index (χ1n) is 5.74. The van der Waals surface area contributed by atoms with Crippen molar-refractivity contribution in [1.29, 1.82) is 5.26 Å². The van der Waals surface area contributed by atoms with Crippen LogP contribution in [0.4, 0.5) is 0 Å². The van der Waals surface area contributed by atoms with E-state index in [0.717, 1.165) is 36.3 Å². The third kappa shape index (κ3) is 5.25. The zero-order valence-corrected chi connectivity index (χ0v) is 13.6. The lowest BCUT2D eigenvalue weighted by atomic mass is 10.1. The van der Waals surface area contributed by atoms with Gasteiger partial charge in [-0.15, -0.1) is 24.8 Å². The number of piperazine rings is 1. The van der Waals surface area contributed by atoms with Crippen LogP contribution < -0.4 is 5.32 Å². The predicted molar refractivity (Wildman–Crippen MR) is 83.8 cm³/mol. The van der Waals surface area contributed by atoms with Crippen molar-refractivity contribution in [3.63, 3.8) is 0 Å². The molecular formula is C12H17BrCl2N4. The van der Waals surface area contributed by atoms with Gasteiger partial charge in [-0.05, 0) is 28.1 Å². The number of nitrogens with one attached hydrogen (secondary N) is 1. The Morgan fingerprint density at radius 2 is 2.05 bits per heavy atom. The van der Waals surface area contributed by atoms with Crippen LogP contribution in [0.1, 0.15) is 18.2 Å². The summed E-state index contributed by atoms with van der Waals surface area (Å²) < 4.78 is 0.970. The lowest BCUT2D eigenvalue weighted by Gasteiger charge is -2.33. The second-order valence-electron chi connectivity index (χ2n) is 4.07. The highest BCUT2D eigenvalue weighted by molar-refractivity contribution is 9.10. The molecule has 0 amide bonds. The first-order chi connectivity index (χ1) is 8.31. The molecule has 0 aliphatic carbocycles. The van der Waals surface area contributed by atoms with Crippen molar-refractivity contribution in [2.75, 3.05) is 26.2 Å². The third-order valence-electron chi connectivity index (χ3n) is 2.97. The molecule has 4 nitrogen and oxygen atoms in total. The van der Waals surface area contributed by atoms with Gasteiger partial charge in [-0.3, -0.25) is 9.88 Å². The molecule has 0 spiro atoms. The summed E-state index contributed by atoms with van der Waals surface area (Å²) in [7, 11) is 0. The van der Waals surface area contributed by atoms with Gasteiger partial charge in [-0.1, -0.05) is 0 Å². The molecule has 1 aromatic rings. The lowest BCUT2D eigenvalue weighted by Crippen LogP contribution is -2.45. The number of nitriles is 1. The number of halogens is 3. The van der Waals surface area contributed by atoms with Crippen LogP contribution in [0.25, 0.3) is 0 Å². The van der Waals surface area contributed by atoms with Gasteiger partial charge >= 0.3 is 0 Å². The maximum absolute atomic E-state index is 8.95. The Labute approximate surface area is 134 Å². The van der Waals surface area contributed by atoms with Crippen molar-refractivity contribution >= 4 is 40.7 Å². The Morgan fingerprint density at radius 1 is 1.37 bits per heavy atom. The molecule has 1 fully saturated rings. The van der Waals surface area contributed by atoms with E-state index in [1.165, 1.54) is 0 Å². The number of aromatic nitrogens is 1. The lowest BCUT2D eigenvalue weighted by molar-refractivity contribution is 0.172. The summed E-state index contributed by atoms with van der Waals surface area (Å²) in [6.45, 7) is 3.92. The van der Waals surface area contributed by atoms with E-state index < -0.39 is 0 Å². The molecule has 106 valence electrons. The average molecular weight is 368 g/mol. The van der Waals surface area contributed by atoms with Gasteiger partial charge in [0.2, 0.25) is 0 Å². The first kappa shape index (κ1) is 18.6. The summed E-state index contributed by atoms with van der Waals surface area (Å²) in [5.41, 5.74) is 0.983. The quantitative estimate of drug-likeness (QED) is 0.891. The third-order valence-corrected chi connectivity index (χ3v) is 3.44. The van der Waals surface area contributed by atoms with Gasteiger partial charge in [0, 0.05) is 36.8 Å². The second kappa shape index (κ2) is 9.51. The number of hydrogen-bond acceptors (Lipinski definition) is 4. The molecule has 1 aliphatic rings. The van der Waals surface area contributed by atoms with Gasteiger partial charge in [0.05, 0.1) is 24.2 Å². The van der Waals surface area contributed by atoms with Gasteiger partial charge in [0.15, 0.2) is 0 Å². The van der Waals surface area contributed by atoms with Crippen LogP contribution in [-0.2, 0) is 0 Å². The second-order valence-corrected chi connectivity index (χ2v) is 4.98. The molecule has 2 rings (SSSR count). The zero-order valence-electron chi connectivity index (χ0n) is 10.4. The molecule has 1 saturated heterocycles. The highest BCUT2D eigenvalue weighted by atomic mass is 79.9. The standard InChI is InChI=1S/C12H15BrN4.2ClH/c13-10-1-2-11(16-9-10)12(3-4-14)17-7-5-15-6-8-17;;/h1-2,9,12,15H,3,5-8H2;2*1H/t12-;;/m0../s1. The van der Waals surface area contributed by atoms with Crippen LogP contribution in [0.15, 0.2) is 22.8 Å². The highest BCUT2D eigenvalue weighted by Gasteiger charge is 2.22. The topological polar surface area (TPSA) is 52.0 Å². The molecule has 0 unspecified atom stereocenters. The molecule has 0 aromatic carbocycles. The Balaban J connectivity index is 0.00000162. The summed E-state index contributed by atoms with van der Waals surface area (Å²) in [5.74, 6) is 0. The van der Waals surface area contributed by atoms with Crippen molar-refractivity contribution in [1.82, 2.24) is 15.2 Å². The van der Waals surface area contributed by atoms with Crippen molar-refractivity contribution in [2.45, 2.75) is 12.5 Å². The minimum absolute atomic E-state index is 0. The van der Waals surface area contributed by atoms with Crippen LogP contribution in [0.2, 0.25) is 0 Å². The summed E-state index contributed by atoms with van der Waals surface area (Å²) in [6, 6.07) is 6.36. The van der Waals surface area contributed by atoms with E-state index in [2.05, 4.69) is 37.2 Å². The van der Waals surface area contributed by atoms with Crippen molar-refractivity contribution in [3.05, 3.63) is 28.5 Å². The summed E-state index contributed by atoms with van der Waals surface area (Å²) in [6.07, 6.45) is 2.29. The Bertz CT molecular complexity index is 401. The van der Waals surface area contributed by atoms with Crippen LogP contribution in [0, 0.1) is 11.3 Å². The molecule has 7 heteroatoms. The number of rotatable bonds is 3. The van der Waals surface area contributed by atoms with E-state index in [-0.39, 0.29) is 30.9 Å². The molecule has 1 atom stereocenters. The molecular weight excluding hydrogens is 351 g/mol. The minimum atomic E-state index is 0. The van der Waals surface area contributed by atoms with E-state index in [9.17, 15) is 0 Å². The predicted octanol–water partition coefficient (Wildman–Crippen LogP) is 2.55. The number of pyridine rings is 1. The number of hydrogen-bond donors (Lipinski definition) is 1. The maximum atomic E-state index is 8.95. The summed E-state index contributed by atoms with van der Waals surface area (Å²) >= 11 is 3.38. The smallest absolute Gasteiger partial charge is 0.0652 e. The SMILES string of the molecule is Cl.Cl.N#CC[C@@H](c1ccc(Br)cn1)N1CCNCC1. The van der Waals surface area contributed by atoms with Gasteiger partial charge < -0.3 is 5.32 Å². The molecule has 0 saturated carbocycles. The zero-order chi connectivity index (χ0) is 12.1. The Kier molecular flexibility index (Phi) is 9.32. The molecule has 2 heterocycles. The monoisotopic (exact) mass is 366 g/mol. The normalized spacial score (nSPS) is 16.6. The van der Waals surface area contributed by atoms with Gasteiger partial charge in [-0.2, -0.15) is 5.26 Å². The minimum Gasteiger partial charge on any atom is -0.314 e. The molecule has 1 N–H and O–H groups in total. The summed E-state index contributed by atoms with van der Waals surface area (Å²) in [5, 5.41) is 12.3. The van der Waals surface area contributed by atoms with E-state index in [1.807, 2.05) is 12.1 Å². The van der Waals surface area contributed by atoms with Gasteiger partial charge in [-0.25, -0.2) is 0 Å². The van der Waals surface area contributed by atoms with Crippen molar-refractivity contribution < 1.29 is 0 Å². The Hall–Kier alpha value is -0.380. The number of nitrogens with zero attached hydrogens (tertiary/aromatic N) is 3. The average Bonchev–Trinajstić information content (AvgIpc) is 2.38. The fourth-order valence-electron chi connectivity index (χ4n) is 2.09. The molecule has 1 aliphatic heterocycles. The highest BCUT2D eigenvalue weighted by Crippen LogP contribution is 2.23. The van der Waals surface area contributed by atoms with E-state index in [0.29, 0.717) is 6.42 Å². The molecule has 0 bridgehead atoms. The largest absolute Gasteiger partial charge is 0.314 e. The van der Waals surface area contributed by atoms with E-state index >= 15 is 0 Å². The van der Waals surface area contributed by atoms with E-state index in [1.54, 1.807) is 6.20 Å². The van der Waals surface area contributed by atoms with Crippen LogP contribution >= 0.6 is 40.7 Å². The van der Waals surface area contributed by atoms with E-state index in [4.69, 9.17) is 5.26 Å². The fraction of sp³-hybridized carbons (Fsp3) is 0.500. The van der Waals surface area contributed by atoms with Gasteiger partial charge in [0.1, 0.15) is 0 Å². The summed E-state index contributed by atoms with van der Waals surface area (Å²) in [4.78, 5) is 6.74. The van der Waals surface area contributed by atoms with Crippen LogP contribution in [-0.4, -0.2) is 36.1 Å². The van der Waals surface area contributed by atoms with Crippen LogP contribution in [0.5, 0.6) is 0 Å². The molecule has 19 heavy (non-hydrogen) atoms. The van der Waals surface area contributed by atoms with Crippen molar-refractivity contribution in [3.8, 4) is 6.07 Å². The Morgan fingerprint density at radius 3 is 2.58 bits per heavy atom. The molecule has 0 radical (unpaired) electrons.